The summed E-state index contributed by atoms with van der Waals surface area (Å²) in [5.41, 5.74) is 3.38. The van der Waals surface area contributed by atoms with Gasteiger partial charge in [0.2, 0.25) is 17.6 Å². The third-order valence-corrected chi connectivity index (χ3v) is 5.86. The third-order valence-electron chi connectivity index (χ3n) is 5.33. The fourth-order valence-electron chi connectivity index (χ4n) is 3.58. The van der Waals surface area contributed by atoms with Crippen molar-refractivity contribution >= 4 is 21.8 Å². The minimum absolute atomic E-state index is 0.109. The second kappa shape index (κ2) is 7.75. The molecule has 0 saturated carbocycles. The Labute approximate surface area is 179 Å². The number of carbonyl (C=O) groups is 1. The van der Waals surface area contributed by atoms with E-state index in [1.165, 1.54) is 5.56 Å². The highest BCUT2D eigenvalue weighted by atomic mass is 79.9. The van der Waals surface area contributed by atoms with Gasteiger partial charge in [-0.15, -0.1) is 0 Å². The van der Waals surface area contributed by atoms with Gasteiger partial charge in [0.15, 0.2) is 0 Å². The molecule has 1 saturated heterocycles. The second-order valence-electron chi connectivity index (χ2n) is 8.49. The summed E-state index contributed by atoms with van der Waals surface area (Å²) in [6.45, 7) is 7.13. The molecule has 1 atom stereocenters. The number of nitrogens with zero attached hydrogens (tertiary/aromatic N) is 3. The van der Waals surface area contributed by atoms with Gasteiger partial charge < -0.3 is 9.42 Å². The van der Waals surface area contributed by atoms with E-state index in [1.54, 1.807) is 0 Å². The summed E-state index contributed by atoms with van der Waals surface area (Å²) in [5, 5.41) is 4.13. The van der Waals surface area contributed by atoms with E-state index in [4.69, 9.17) is 4.52 Å². The van der Waals surface area contributed by atoms with Crippen LogP contribution in [0.25, 0.3) is 11.4 Å². The SMILES string of the molecule is CC(C)(C)c1ccc(CN2C(=O)CCC2c2nc(-c3ccc(Br)cc3)no2)cc1. The normalized spacial score (nSPS) is 17.2. The Morgan fingerprint density at radius 1 is 1.10 bits per heavy atom. The maximum Gasteiger partial charge on any atom is 0.249 e. The molecule has 0 N–H and O–H groups in total. The van der Waals surface area contributed by atoms with Crippen LogP contribution in [0.4, 0.5) is 0 Å². The Kier molecular flexibility index (Phi) is 5.30. The molecule has 0 spiro atoms. The lowest BCUT2D eigenvalue weighted by atomic mass is 9.87. The first-order chi connectivity index (χ1) is 13.8. The highest BCUT2D eigenvalue weighted by molar-refractivity contribution is 9.10. The van der Waals surface area contributed by atoms with Crippen LogP contribution in [0, 0.1) is 0 Å². The predicted molar refractivity (Wildman–Crippen MR) is 115 cm³/mol. The average molecular weight is 454 g/mol. The molecule has 0 radical (unpaired) electrons. The molecular weight excluding hydrogens is 430 g/mol. The number of aromatic nitrogens is 2. The second-order valence-corrected chi connectivity index (χ2v) is 9.40. The Bertz CT molecular complexity index is 1000. The fraction of sp³-hybridized carbons (Fsp3) is 0.348. The zero-order chi connectivity index (χ0) is 20.6. The summed E-state index contributed by atoms with van der Waals surface area (Å²) >= 11 is 3.43. The van der Waals surface area contributed by atoms with Gasteiger partial charge in [-0.3, -0.25) is 4.79 Å². The topological polar surface area (TPSA) is 59.2 Å². The van der Waals surface area contributed by atoms with Crippen LogP contribution in [0.2, 0.25) is 0 Å². The van der Waals surface area contributed by atoms with E-state index in [0.29, 0.717) is 31.1 Å². The molecule has 1 aliphatic rings. The van der Waals surface area contributed by atoms with E-state index >= 15 is 0 Å². The molecule has 4 rings (SSSR count). The maximum absolute atomic E-state index is 12.5. The first-order valence-corrected chi connectivity index (χ1v) is 10.6. The van der Waals surface area contributed by atoms with Crippen molar-refractivity contribution in [3.63, 3.8) is 0 Å². The highest BCUT2D eigenvalue weighted by Gasteiger charge is 2.36. The molecule has 29 heavy (non-hydrogen) atoms. The van der Waals surface area contributed by atoms with Crippen LogP contribution in [-0.4, -0.2) is 20.9 Å². The first kappa shape index (κ1) is 19.8. The number of amides is 1. The number of carbonyl (C=O) groups excluding carboxylic acids is 1. The lowest BCUT2D eigenvalue weighted by molar-refractivity contribution is -0.129. The van der Waals surface area contributed by atoms with Crippen molar-refractivity contribution in [2.75, 3.05) is 0 Å². The van der Waals surface area contributed by atoms with Crippen LogP contribution in [0.5, 0.6) is 0 Å². The van der Waals surface area contributed by atoms with Crippen molar-refractivity contribution < 1.29 is 9.32 Å². The van der Waals surface area contributed by atoms with Gasteiger partial charge in [0.05, 0.1) is 0 Å². The lowest BCUT2D eigenvalue weighted by Crippen LogP contribution is -2.27. The Hall–Kier alpha value is -2.47. The molecular formula is C23H24BrN3O2. The summed E-state index contributed by atoms with van der Waals surface area (Å²) in [5.74, 6) is 1.17. The molecule has 0 bridgehead atoms. The summed E-state index contributed by atoms with van der Waals surface area (Å²) < 4.78 is 6.54. The van der Waals surface area contributed by atoms with Gasteiger partial charge >= 0.3 is 0 Å². The van der Waals surface area contributed by atoms with Crippen molar-refractivity contribution in [3.8, 4) is 11.4 Å². The minimum Gasteiger partial charge on any atom is -0.337 e. The van der Waals surface area contributed by atoms with E-state index in [0.717, 1.165) is 15.6 Å². The maximum atomic E-state index is 12.5. The molecule has 1 amide bonds. The quantitative estimate of drug-likeness (QED) is 0.511. The first-order valence-electron chi connectivity index (χ1n) is 9.80. The zero-order valence-corrected chi connectivity index (χ0v) is 18.4. The number of hydrogen-bond donors (Lipinski definition) is 0. The summed E-state index contributed by atoms with van der Waals surface area (Å²) in [6.07, 6.45) is 1.20. The van der Waals surface area contributed by atoms with Crippen molar-refractivity contribution in [1.29, 1.82) is 0 Å². The average Bonchev–Trinajstić information content (AvgIpc) is 3.30. The highest BCUT2D eigenvalue weighted by Crippen LogP contribution is 2.34. The van der Waals surface area contributed by atoms with Gasteiger partial charge in [0.25, 0.3) is 0 Å². The molecule has 150 valence electrons. The van der Waals surface area contributed by atoms with Gasteiger partial charge in [-0.25, -0.2) is 0 Å². The number of benzene rings is 2. The number of likely N-dealkylation sites (tertiary alicyclic amines) is 1. The molecule has 2 aromatic carbocycles. The van der Waals surface area contributed by atoms with E-state index in [-0.39, 0.29) is 17.4 Å². The zero-order valence-electron chi connectivity index (χ0n) is 16.9. The van der Waals surface area contributed by atoms with Gasteiger partial charge in [-0.05, 0) is 47.2 Å². The van der Waals surface area contributed by atoms with E-state index in [1.807, 2.05) is 29.2 Å². The molecule has 6 heteroatoms. The Balaban J connectivity index is 1.53. The van der Waals surface area contributed by atoms with Crippen LogP contribution in [0.3, 0.4) is 0 Å². The molecule has 1 aliphatic heterocycles. The van der Waals surface area contributed by atoms with Crippen LogP contribution >= 0.6 is 15.9 Å². The van der Waals surface area contributed by atoms with Gasteiger partial charge in [-0.1, -0.05) is 66.1 Å². The van der Waals surface area contributed by atoms with Crippen LogP contribution in [0.1, 0.15) is 56.7 Å². The largest absolute Gasteiger partial charge is 0.337 e. The minimum atomic E-state index is -0.179. The standard InChI is InChI=1S/C23H24BrN3O2/c1-23(2,3)17-8-4-15(5-9-17)14-27-19(12-13-20(27)28)22-25-21(26-29-22)16-6-10-18(24)11-7-16/h4-11,19H,12-14H2,1-3H3. The lowest BCUT2D eigenvalue weighted by Gasteiger charge is -2.23. The van der Waals surface area contributed by atoms with E-state index in [2.05, 4.69) is 71.1 Å². The Morgan fingerprint density at radius 3 is 2.45 bits per heavy atom. The van der Waals surface area contributed by atoms with Crippen LogP contribution in [-0.2, 0) is 16.8 Å². The molecule has 1 unspecified atom stereocenters. The summed E-state index contributed by atoms with van der Waals surface area (Å²) in [6, 6.07) is 16.1. The fourth-order valence-corrected chi connectivity index (χ4v) is 3.85. The number of rotatable bonds is 4. The van der Waals surface area contributed by atoms with Gasteiger partial charge in [0.1, 0.15) is 6.04 Å². The molecule has 1 aromatic heterocycles. The molecule has 2 heterocycles. The van der Waals surface area contributed by atoms with E-state index in [9.17, 15) is 4.79 Å². The van der Waals surface area contributed by atoms with Crippen molar-refractivity contribution in [2.24, 2.45) is 0 Å². The smallest absolute Gasteiger partial charge is 0.249 e. The molecule has 1 fully saturated rings. The Morgan fingerprint density at radius 2 is 1.79 bits per heavy atom. The predicted octanol–water partition coefficient (Wildman–Crippen LogP) is 5.66. The van der Waals surface area contributed by atoms with Crippen molar-refractivity contribution in [1.82, 2.24) is 15.0 Å². The summed E-state index contributed by atoms with van der Waals surface area (Å²) in [4.78, 5) is 19.0. The van der Waals surface area contributed by atoms with Crippen LogP contribution < -0.4 is 0 Å². The number of hydrogen-bond acceptors (Lipinski definition) is 4. The van der Waals surface area contributed by atoms with E-state index < -0.39 is 0 Å². The monoisotopic (exact) mass is 453 g/mol. The number of halogens is 1. The summed E-state index contributed by atoms with van der Waals surface area (Å²) in [7, 11) is 0. The molecule has 5 nitrogen and oxygen atoms in total. The van der Waals surface area contributed by atoms with Crippen molar-refractivity contribution in [2.45, 2.75) is 51.6 Å². The van der Waals surface area contributed by atoms with Crippen molar-refractivity contribution in [3.05, 3.63) is 70.0 Å². The third kappa shape index (κ3) is 4.27. The van der Waals surface area contributed by atoms with Crippen LogP contribution in [0.15, 0.2) is 57.5 Å². The molecule has 0 aliphatic carbocycles. The van der Waals surface area contributed by atoms with Gasteiger partial charge in [0, 0.05) is 23.0 Å². The van der Waals surface area contributed by atoms with Gasteiger partial charge in [-0.2, -0.15) is 4.98 Å². The molecule has 3 aromatic rings.